The fourth-order valence-electron chi connectivity index (χ4n) is 1.94. The van der Waals surface area contributed by atoms with Gasteiger partial charge in [0.25, 0.3) is 0 Å². The number of rotatable bonds is 4. The highest BCUT2D eigenvalue weighted by atomic mass is 15.2. The van der Waals surface area contributed by atoms with Gasteiger partial charge in [0, 0.05) is 30.4 Å². The summed E-state index contributed by atoms with van der Waals surface area (Å²) >= 11 is 0. The molecule has 0 spiro atoms. The lowest BCUT2D eigenvalue weighted by Gasteiger charge is -2.25. The average Bonchev–Trinajstić information content (AvgIpc) is 2.25. The van der Waals surface area contributed by atoms with Crippen molar-refractivity contribution >= 4 is 5.82 Å². The molecule has 0 saturated carbocycles. The van der Waals surface area contributed by atoms with E-state index in [-0.39, 0.29) is 5.54 Å². The van der Waals surface area contributed by atoms with Crippen LogP contribution in [0.4, 0.5) is 5.82 Å². The van der Waals surface area contributed by atoms with E-state index in [0.29, 0.717) is 6.54 Å². The largest absolute Gasteiger partial charge is 0.348 e. The Morgan fingerprint density at radius 2 is 2.00 bits per heavy atom. The van der Waals surface area contributed by atoms with Crippen LogP contribution in [0.3, 0.4) is 0 Å². The van der Waals surface area contributed by atoms with Crippen LogP contribution in [0.1, 0.15) is 37.6 Å². The van der Waals surface area contributed by atoms with Gasteiger partial charge in [-0.3, -0.25) is 0 Å². The quantitative estimate of drug-likeness (QED) is 0.843. The first kappa shape index (κ1) is 15.5. The van der Waals surface area contributed by atoms with Crippen molar-refractivity contribution in [3.8, 4) is 12.3 Å². The lowest BCUT2D eigenvalue weighted by molar-refractivity contribution is 0.423. The normalized spacial score (nSPS) is 11.2. The van der Waals surface area contributed by atoms with Gasteiger partial charge >= 0.3 is 0 Å². The number of terminal acetylenes is 1. The Bertz CT molecular complexity index is 478. The van der Waals surface area contributed by atoms with E-state index in [1.54, 1.807) is 0 Å². The van der Waals surface area contributed by atoms with Gasteiger partial charge in [-0.15, -0.1) is 6.42 Å². The van der Waals surface area contributed by atoms with Gasteiger partial charge in [0.1, 0.15) is 5.82 Å². The molecule has 0 radical (unpaired) electrons. The average molecular weight is 259 g/mol. The van der Waals surface area contributed by atoms with Crippen LogP contribution in [-0.2, 0) is 6.54 Å². The fraction of sp³-hybridized carbons (Fsp3) is 0.562. The molecule has 0 saturated heterocycles. The van der Waals surface area contributed by atoms with Crippen LogP contribution >= 0.6 is 0 Å². The Morgan fingerprint density at radius 1 is 1.37 bits per heavy atom. The van der Waals surface area contributed by atoms with E-state index in [9.17, 15) is 0 Å². The molecule has 0 bridgehead atoms. The highest BCUT2D eigenvalue weighted by Gasteiger charge is 2.15. The first-order chi connectivity index (χ1) is 8.74. The number of aromatic nitrogens is 1. The summed E-state index contributed by atoms with van der Waals surface area (Å²) < 4.78 is 0. The van der Waals surface area contributed by atoms with Crippen molar-refractivity contribution in [2.75, 3.05) is 18.5 Å². The summed E-state index contributed by atoms with van der Waals surface area (Å²) in [6.45, 7) is 12.0. The molecular weight excluding hydrogens is 234 g/mol. The van der Waals surface area contributed by atoms with Crippen molar-refractivity contribution in [2.24, 2.45) is 0 Å². The Kier molecular flexibility index (Phi) is 4.97. The maximum atomic E-state index is 5.40. The monoisotopic (exact) mass is 259 g/mol. The third-order valence-corrected chi connectivity index (χ3v) is 2.94. The van der Waals surface area contributed by atoms with Crippen LogP contribution in [-0.4, -0.2) is 24.1 Å². The van der Waals surface area contributed by atoms with Crippen molar-refractivity contribution in [2.45, 2.75) is 46.7 Å². The summed E-state index contributed by atoms with van der Waals surface area (Å²) in [5, 5.41) is 3.52. The van der Waals surface area contributed by atoms with Gasteiger partial charge < -0.3 is 10.2 Å². The Labute approximate surface area is 117 Å². The van der Waals surface area contributed by atoms with Crippen LogP contribution in [0.25, 0.3) is 0 Å². The molecule has 0 amide bonds. The third-order valence-electron chi connectivity index (χ3n) is 2.94. The molecule has 1 rings (SSSR count). The molecule has 0 fully saturated rings. The zero-order valence-electron chi connectivity index (χ0n) is 13.0. The SMILES string of the molecule is C#CCN(C)c1nc(C)cc(C)c1CNC(C)(C)C. The summed E-state index contributed by atoms with van der Waals surface area (Å²) in [5.41, 5.74) is 3.58. The second-order valence-corrected chi connectivity index (χ2v) is 6.05. The van der Waals surface area contributed by atoms with Gasteiger partial charge in [-0.25, -0.2) is 4.98 Å². The number of nitrogens with zero attached hydrogens (tertiary/aromatic N) is 2. The van der Waals surface area contributed by atoms with Crippen LogP contribution in [0.5, 0.6) is 0 Å². The van der Waals surface area contributed by atoms with Gasteiger partial charge in [0.05, 0.1) is 6.54 Å². The molecular formula is C16H25N3. The molecule has 0 unspecified atom stereocenters. The van der Waals surface area contributed by atoms with E-state index >= 15 is 0 Å². The molecule has 0 aliphatic heterocycles. The molecule has 1 aromatic rings. The molecule has 3 nitrogen and oxygen atoms in total. The highest BCUT2D eigenvalue weighted by molar-refractivity contribution is 5.51. The molecule has 3 heteroatoms. The van der Waals surface area contributed by atoms with E-state index in [1.807, 2.05) is 18.9 Å². The van der Waals surface area contributed by atoms with Crippen LogP contribution in [0, 0.1) is 26.2 Å². The Balaban J connectivity index is 3.10. The molecule has 0 aromatic carbocycles. The van der Waals surface area contributed by atoms with Crippen molar-refractivity contribution in [1.82, 2.24) is 10.3 Å². The summed E-state index contributed by atoms with van der Waals surface area (Å²) in [6, 6.07) is 2.12. The highest BCUT2D eigenvalue weighted by Crippen LogP contribution is 2.22. The number of aryl methyl sites for hydroxylation is 2. The van der Waals surface area contributed by atoms with E-state index in [2.05, 4.69) is 50.0 Å². The van der Waals surface area contributed by atoms with Gasteiger partial charge in [0.2, 0.25) is 0 Å². The van der Waals surface area contributed by atoms with Crippen molar-refractivity contribution < 1.29 is 0 Å². The van der Waals surface area contributed by atoms with Crippen molar-refractivity contribution in [3.63, 3.8) is 0 Å². The predicted octanol–water partition coefficient (Wildman–Crippen LogP) is 2.66. The topological polar surface area (TPSA) is 28.2 Å². The molecule has 0 aliphatic rings. The van der Waals surface area contributed by atoms with Gasteiger partial charge in [-0.2, -0.15) is 0 Å². The third kappa shape index (κ3) is 4.57. The number of hydrogen-bond donors (Lipinski definition) is 1. The van der Waals surface area contributed by atoms with Gasteiger partial charge in [0.15, 0.2) is 0 Å². The molecule has 19 heavy (non-hydrogen) atoms. The lowest BCUT2D eigenvalue weighted by Crippen LogP contribution is -2.36. The first-order valence-corrected chi connectivity index (χ1v) is 6.61. The summed E-state index contributed by atoms with van der Waals surface area (Å²) in [4.78, 5) is 6.67. The van der Waals surface area contributed by atoms with Crippen LogP contribution in [0.15, 0.2) is 6.07 Å². The molecule has 0 aliphatic carbocycles. The minimum absolute atomic E-state index is 0.0826. The zero-order chi connectivity index (χ0) is 14.6. The molecule has 1 N–H and O–H groups in total. The number of hydrogen-bond acceptors (Lipinski definition) is 3. The van der Waals surface area contributed by atoms with Gasteiger partial charge in [-0.05, 0) is 46.2 Å². The van der Waals surface area contributed by atoms with Crippen molar-refractivity contribution in [1.29, 1.82) is 0 Å². The maximum absolute atomic E-state index is 5.40. The molecule has 1 heterocycles. The predicted molar refractivity (Wildman–Crippen MR) is 82.4 cm³/mol. The van der Waals surface area contributed by atoms with E-state index in [4.69, 9.17) is 6.42 Å². The molecule has 1 aromatic heterocycles. The number of pyridine rings is 1. The Morgan fingerprint density at radius 3 is 2.53 bits per heavy atom. The molecule has 0 atom stereocenters. The standard InChI is InChI=1S/C16H25N3/c1-8-9-19(7)15-14(11-17-16(4,5)6)12(2)10-13(3)18-15/h1,10,17H,9,11H2,2-7H3. The Hall–Kier alpha value is -1.53. The van der Waals surface area contributed by atoms with Crippen LogP contribution < -0.4 is 10.2 Å². The smallest absolute Gasteiger partial charge is 0.134 e. The van der Waals surface area contributed by atoms with Crippen LogP contribution in [0.2, 0.25) is 0 Å². The second-order valence-electron chi connectivity index (χ2n) is 6.05. The summed E-state index contributed by atoms with van der Waals surface area (Å²) in [6.07, 6.45) is 5.40. The second kappa shape index (κ2) is 6.08. The first-order valence-electron chi connectivity index (χ1n) is 6.61. The maximum Gasteiger partial charge on any atom is 0.134 e. The van der Waals surface area contributed by atoms with E-state index in [1.165, 1.54) is 11.1 Å². The lowest BCUT2D eigenvalue weighted by atomic mass is 10.1. The van der Waals surface area contributed by atoms with Crippen molar-refractivity contribution in [3.05, 3.63) is 22.9 Å². The minimum atomic E-state index is 0.0826. The number of anilines is 1. The summed E-state index contributed by atoms with van der Waals surface area (Å²) in [5.74, 6) is 3.65. The van der Waals surface area contributed by atoms with E-state index in [0.717, 1.165) is 18.1 Å². The minimum Gasteiger partial charge on any atom is -0.348 e. The van der Waals surface area contributed by atoms with E-state index < -0.39 is 0 Å². The number of nitrogens with one attached hydrogen (secondary N) is 1. The fourth-order valence-corrected chi connectivity index (χ4v) is 1.94. The zero-order valence-corrected chi connectivity index (χ0v) is 13.0. The summed E-state index contributed by atoms with van der Waals surface area (Å²) in [7, 11) is 1.99. The van der Waals surface area contributed by atoms with Gasteiger partial charge in [-0.1, -0.05) is 5.92 Å². The molecule has 104 valence electrons.